The molecule has 1 unspecified atom stereocenters. The smallest absolute Gasteiger partial charge is 0.0641 e. The highest BCUT2D eigenvalue weighted by Crippen LogP contribution is 2.28. The summed E-state index contributed by atoms with van der Waals surface area (Å²) in [5.74, 6) is 0. The molecule has 1 aromatic rings. The largest absolute Gasteiger partial charge is 0.375 e. The minimum absolute atomic E-state index is 0.0596. The van der Waals surface area contributed by atoms with E-state index in [1.807, 2.05) is 0 Å². The van der Waals surface area contributed by atoms with Crippen LogP contribution in [0.4, 0.5) is 0 Å². The van der Waals surface area contributed by atoms with Gasteiger partial charge >= 0.3 is 0 Å². The summed E-state index contributed by atoms with van der Waals surface area (Å²) in [6.07, 6.45) is 2.37. The van der Waals surface area contributed by atoms with Gasteiger partial charge in [0.15, 0.2) is 0 Å². The van der Waals surface area contributed by atoms with Crippen LogP contribution in [0.5, 0.6) is 0 Å². The lowest BCUT2D eigenvalue weighted by Crippen LogP contribution is -2.53. The normalized spacial score (nSPS) is 27.6. The van der Waals surface area contributed by atoms with Crippen molar-refractivity contribution in [3.8, 4) is 0 Å². The molecular weight excluding hydrogens is 260 g/mol. The highest BCUT2D eigenvalue weighted by molar-refractivity contribution is 5.14. The van der Waals surface area contributed by atoms with Gasteiger partial charge in [-0.05, 0) is 32.3 Å². The number of rotatable bonds is 3. The van der Waals surface area contributed by atoms with Crippen molar-refractivity contribution >= 4 is 0 Å². The lowest BCUT2D eigenvalue weighted by molar-refractivity contribution is -0.0882. The average Bonchev–Trinajstić information content (AvgIpc) is 2.48. The Kier molecular flexibility index (Phi) is 4.63. The molecule has 3 heteroatoms. The first-order valence-corrected chi connectivity index (χ1v) is 8.27. The van der Waals surface area contributed by atoms with E-state index in [9.17, 15) is 0 Å². The second-order valence-corrected chi connectivity index (χ2v) is 7.05. The molecule has 0 aromatic heterocycles. The maximum absolute atomic E-state index is 5.85. The zero-order chi connectivity index (χ0) is 14.7. The van der Waals surface area contributed by atoms with Crippen LogP contribution in [0.3, 0.4) is 0 Å². The van der Waals surface area contributed by atoms with Gasteiger partial charge in [0.1, 0.15) is 0 Å². The third kappa shape index (κ3) is 4.06. The predicted molar refractivity (Wildman–Crippen MR) is 86.3 cm³/mol. The van der Waals surface area contributed by atoms with Gasteiger partial charge in [-0.3, -0.25) is 9.80 Å². The van der Waals surface area contributed by atoms with Crippen LogP contribution < -0.4 is 0 Å². The summed E-state index contributed by atoms with van der Waals surface area (Å²) in [6.45, 7) is 11.2. The number of ether oxygens (including phenoxy) is 1. The molecule has 2 saturated heterocycles. The van der Waals surface area contributed by atoms with Crippen LogP contribution in [0.2, 0.25) is 0 Å². The number of hydrogen-bond donors (Lipinski definition) is 0. The zero-order valence-electron chi connectivity index (χ0n) is 13.4. The summed E-state index contributed by atoms with van der Waals surface area (Å²) < 4.78 is 5.85. The maximum Gasteiger partial charge on any atom is 0.0641 e. The van der Waals surface area contributed by atoms with Crippen molar-refractivity contribution in [2.75, 3.05) is 32.8 Å². The van der Waals surface area contributed by atoms with Crippen LogP contribution in [0, 0.1) is 0 Å². The Hall–Kier alpha value is -0.900. The molecule has 3 nitrogen and oxygen atoms in total. The molecule has 0 saturated carbocycles. The van der Waals surface area contributed by atoms with E-state index >= 15 is 0 Å². The van der Waals surface area contributed by atoms with Crippen molar-refractivity contribution in [2.24, 2.45) is 0 Å². The Morgan fingerprint density at radius 2 is 1.81 bits per heavy atom. The van der Waals surface area contributed by atoms with Gasteiger partial charge in [0.05, 0.1) is 5.60 Å². The molecular formula is C18H28N2O. The molecule has 1 atom stereocenters. The third-order valence-corrected chi connectivity index (χ3v) is 4.84. The average molecular weight is 288 g/mol. The van der Waals surface area contributed by atoms with E-state index in [-0.39, 0.29) is 5.60 Å². The quantitative estimate of drug-likeness (QED) is 0.850. The van der Waals surface area contributed by atoms with Crippen molar-refractivity contribution in [3.05, 3.63) is 35.9 Å². The topological polar surface area (TPSA) is 15.7 Å². The first kappa shape index (κ1) is 15.0. The number of piperazine rings is 1. The second kappa shape index (κ2) is 6.47. The van der Waals surface area contributed by atoms with Gasteiger partial charge in [-0.1, -0.05) is 30.3 Å². The lowest BCUT2D eigenvalue weighted by atomic mass is 9.92. The molecule has 2 fully saturated rings. The molecule has 0 spiro atoms. The fourth-order valence-corrected chi connectivity index (χ4v) is 3.64. The van der Waals surface area contributed by atoms with Gasteiger partial charge < -0.3 is 4.74 Å². The molecule has 0 amide bonds. The van der Waals surface area contributed by atoms with Crippen molar-refractivity contribution < 1.29 is 4.74 Å². The second-order valence-electron chi connectivity index (χ2n) is 7.05. The lowest BCUT2D eigenvalue weighted by Gasteiger charge is -2.44. The molecule has 2 heterocycles. The van der Waals surface area contributed by atoms with E-state index < -0.39 is 0 Å². The van der Waals surface area contributed by atoms with E-state index in [0.29, 0.717) is 6.04 Å². The summed E-state index contributed by atoms with van der Waals surface area (Å²) in [7, 11) is 0. The van der Waals surface area contributed by atoms with Crippen LogP contribution in [0.15, 0.2) is 30.3 Å². The fourth-order valence-electron chi connectivity index (χ4n) is 3.64. The van der Waals surface area contributed by atoms with E-state index in [4.69, 9.17) is 4.74 Å². The molecule has 0 radical (unpaired) electrons. The van der Waals surface area contributed by atoms with Gasteiger partial charge in [0.2, 0.25) is 0 Å². The Labute approximate surface area is 128 Å². The summed E-state index contributed by atoms with van der Waals surface area (Å²) in [5, 5.41) is 0. The number of hydrogen-bond acceptors (Lipinski definition) is 3. The molecule has 0 bridgehead atoms. The third-order valence-electron chi connectivity index (χ3n) is 4.84. The minimum atomic E-state index is 0.0596. The monoisotopic (exact) mass is 288 g/mol. The molecule has 116 valence electrons. The van der Waals surface area contributed by atoms with Crippen molar-refractivity contribution in [3.63, 3.8) is 0 Å². The van der Waals surface area contributed by atoms with E-state index in [1.165, 1.54) is 44.6 Å². The molecule has 2 aliphatic rings. The first-order chi connectivity index (χ1) is 10.1. The summed E-state index contributed by atoms with van der Waals surface area (Å²) >= 11 is 0. The van der Waals surface area contributed by atoms with Crippen molar-refractivity contribution in [1.29, 1.82) is 0 Å². The van der Waals surface area contributed by atoms with Crippen molar-refractivity contribution in [2.45, 2.75) is 44.9 Å². The highest BCUT2D eigenvalue weighted by Gasteiger charge is 2.33. The summed E-state index contributed by atoms with van der Waals surface area (Å²) in [4.78, 5) is 5.27. The van der Waals surface area contributed by atoms with Crippen LogP contribution in [0.1, 0.15) is 32.3 Å². The zero-order valence-corrected chi connectivity index (χ0v) is 13.4. The van der Waals surface area contributed by atoms with Gasteiger partial charge in [-0.15, -0.1) is 0 Å². The Bertz CT molecular complexity index is 438. The van der Waals surface area contributed by atoms with Crippen LogP contribution in [-0.2, 0) is 11.3 Å². The van der Waals surface area contributed by atoms with Crippen LogP contribution >= 0.6 is 0 Å². The predicted octanol–water partition coefficient (Wildman–Crippen LogP) is 2.76. The molecule has 1 aromatic carbocycles. The number of benzene rings is 1. The number of nitrogens with zero attached hydrogens (tertiary/aromatic N) is 2. The van der Waals surface area contributed by atoms with E-state index in [0.717, 1.165) is 13.2 Å². The van der Waals surface area contributed by atoms with Crippen LogP contribution in [0.25, 0.3) is 0 Å². The van der Waals surface area contributed by atoms with Gasteiger partial charge in [-0.2, -0.15) is 0 Å². The summed E-state index contributed by atoms with van der Waals surface area (Å²) in [6, 6.07) is 11.5. The standard InChI is InChI=1S/C18H28N2O/c1-18(2)14-17(8-13-21-18)20-11-9-19(10-12-20)15-16-6-4-3-5-7-16/h3-7,17H,8-15H2,1-2H3. The SMILES string of the molecule is CC1(C)CC(N2CCN(Cc3ccccc3)CC2)CCO1. The maximum atomic E-state index is 5.85. The minimum Gasteiger partial charge on any atom is -0.375 e. The Balaban J connectivity index is 1.49. The fraction of sp³-hybridized carbons (Fsp3) is 0.667. The summed E-state index contributed by atoms with van der Waals surface area (Å²) in [5.41, 5.74) is 1.49. The molecule has 2 aliphatic heterocycles. The van der Waals surface area contributed by atoms with Gasteiger partial charge in [-0.25, -0.2) is 0 Å². The van der Waals surface area contributed by atoms with E-state index in [2.05, 4.69) is 54.0 Å². The van der Waals surface area contributed by atoms with Gasteiger partial charge in [0.25, 0.3) is 0 Å². The van der Waals surface area contributed by atoms with Crippen LogP contribution in [-0.4, -0.2) is 54.2 Å². The molecule has 0 N–H and O–H groups in total. The van der Waals surface area contributed by atoms with Crippen molar-refractivity contribution in [1.82, 2.24) is 9.80 Å². The molecule has 3 rings (SSSR count). The van der Waals surface area contributed by atoms with Gasteiger partial charge in [0, 0.05) is 45.4 Å². The Morgan fingerprint density at radius 1 is 1.10 bits per heavy atom. The highest BCUT2D eigenvalue weighted by atomic mass is 16.5. The van der Waals surface area contributed by atoms with E-state index in [1.54, 1.807) is 0 Å². The molecule has 0 aliphatic carbocycles. The molecule has 21 heavy (non-hydrogen) atoms. The first-order valence-electron chi connectivity index (χ1n) is 8.27. The Morgan fingerprint density at radius 3 is 2.48 bits per heavy atom.